The van der Waals surface area contributed by atoms with Gasteiger partial charge in [0.15, 0.2) is 0 Å². The number of nitrogens with two attached hydrogens (primary N) is 2. The minimum absolute atomic E-state index is 0.111. The van der Waals surface area contributed by atoms with E-state index in [4.69, 9.17) is 11.5 Å². The van der Waals surface area contributed by atoms with Crippen molar-refractivity contribution in [2.24, 2.45) is 22.8 Å². The van der Waals surface area contributed by atoms with Crippen molar-refractivity contribution in [1.82, 2.24) is 19.9 Å². The molecule has 4 rings (SSSR count). The first-order valence-corrected chi connectivity index (χ1v) is 11.7. The molecule has 0 saturated carbocycles. The predicted molar refractivity (Wildman–Crippen MR) is 135 cm³/mol. The predicted octanol–water partition coefficient (Wildman–Crippen LogP) is 3.43. The fourth-order valence-corrected chi connectivity index (χ4v) is 4.85. The molecule has 0 saturated heterocycles. The lowest BCUT2D eigenvalue weighted by molar-refractivity contribution is 0.110. The fraction of sp³-hybridized carbons (Fsp3) is 0.286. The van der Waals surface area contributed by atoms with Crippen LogP contribution in [0.15, 0.2) is 97.6 Å². The summed E-state index contributed by atoms with van der Waals surface area (Å²) in [5.74, 6) is 0.111. The number of nitrogens with zero attached hydrogens (tertiary/aromatic N) is 4. The van der Waals surface area contributed by atoms with Gasteiger partial charge in [0.05, 0.1) is 0 Å². The summed E-state index contributed by atoms with van der Waals surface area (Å²) in [5, 5.41) is 0. The molecule has 174 valence electrons. The molecule has 0 aliphatic rings. The minimum Gasteiger partial charge on any atom is -0.329 e. The first kappa shape index (κ1) is 23.7. The largest absolute Gasteiger partial charge is 0.329 e. The molecule has 0 bridgehead atoms. The highest BCUT2D eigenvalue weighted by Gasteiger charge is 2.44. The topological polar surface area (TPSA) is 104 Å². The Morgan fingerprint density at radius 2 is 0.971 bits per heavy atom. The Morgan fingerprint density at radius 3 is 1.29 bits per heavy atom. The third-order valence-corrected chi connectivity index (χ3v) is 6.64. The summed E-state index contributed by atoms with van der Waals surface area (Å²) in [6, 6.07) is 23.9. The zero-order chi connectivity index (χ0) is 23.6. The summed E-state index contributed by atoms with van der Waals surface area (Å²) in [5.41, 5.74) is 16.9. The van der Waals surface area contributed by atoms with Crippen LogP contribution >= 0.6 is 0 Å². The van der Waals surface area contributed by atoms with Crippen LogP contribution in [0.2, 0.25) is 0 Å². The standard InChI is InChI=1S/C28H32N6/c29-21-27(30)28(19-25-11-3-7-15-33-25,20-26-12-4-8-16-34-26)22(17-23-9-1-5-13-31-23)18-24-10-2-6-14-32-24/h1-16,22,27H,17-21,29-30H2. The highest BCUT2D eigenvalue weighted by Crippen LogP contribution is 2.41. The average molecular weight is 453 g/mol. The first-order chi connectivity index (χ1) is 16.7. The Balaban J connectivity index is 1.83. The number of hydrogen-bond acceptors (Lipinski definition) is 6. The molecule has 1 atom stereocenters. The SMILES string of the molecule is NCC(N)C(Cc1ccccn1)(Cc1ccccn1)C(Cc1ccccn1)Cc1ccccn1. The van der Waals surface area contributed by atoms with Crippen molar-refractivity contribution in [3.63, 3.8) is 0 Å². The number of pyridine rings is 4. The fourth-order valence-electron chi connectivity index (χ4n) is 4.85. The molecule has 0 aliphatic heterocycles. The summed E-state index contributed by atoms with van der Waals surface area (Å²) in [7, 11) is 0. The molecular formula is C28H32N6. The third-order valence-electron chi connectivity index (χ3n) is 6.64. The van der Waals surface area contributed by atoms with Gasteiger partial charge in [0.25, 0.3) is 0 Å². The summed E-state index contributed by atoms with van der Waals surface area (Å²) >= 11 is 0. The third kappa shape index (κ3) is 5.90. The van der Waals surface area contributed by atoms with Crippen LogP contribution in [-0.2, 0) is 25.7 Å². The monoisotopic (exact) mass is 452 g/mol. The van der Waals surface area contributed by atoms with Crippen LogP contribution in [0, 0.1) is 11.3 Å². The van der Waals surface area contributed by atoms with Crippen LogP contribution in [0.5, 0.6) is 0 Å². The smallest absolute Gasteiger partial charge is 0.0409 e. The van der Waals surface area contributed by atoms with E-state index >= 15 is 0 Å². The van der Waals surface area contributed by atoms with Crippen molar-refractivity contribution in [3.8, 4) is 0 Å². The van der Waals surface area contributed by atoms with Gasteiger partial charge in [-0.25, -0.2) is 0 Å². The Labute approximate surface area is 201 Å². The second-order valence-electron chi connectivity index (χ2n) is 8.82. The molecule has 4 aromatic rings. The molecule has 4 N–H and O–H groups in total. The van der Waals surface area contributed by atoms with Crippen LogP contribution in [0.1, 0.15) is 22.8 Å². The van der Waals surface area contributed by atoms with Crippen LogP contribution in [-0.4, -0.2) is 32.5 Å². The minimum atomic E-state index is -0.410. The van der Waals surface area contributed by atoms with Gasteiger partial charge in [-0.3, -0.25) is 19.9 Å². The van der Waals surface area contributed by atoms with Crippen molar-refractivity contribution >= 4 is 0 Å². The van der Waals surface area contributed by atoms with E-state index in [1.807, 2.05) is 73.3 Å². The van der Waals surface area contributed by atoms with Gasteiger partial charge in [-0.2, -0.15) is 0 Å². The summed E-state index contributed by atoms with van der Waals surface area (Å²) in [6.45, 7) is 0.362. The van der Waals surface area contributed by atoms with Crippen LogP contribution < -0.4 is 11.5 Å². The second kappa shape index (κ2) is 11.6. The van der Waals surface area contributed by atoms with E-state index in [2.05, 4.69) is 44.2 Å². The van der Waals surface area contributed by atoms with Gasteiger partial charge in [0.2, 0.25) is 0 Å². The molecule has 0 aromatic carbocycles. The lowest BCUT2D eigenvalue weighted by Gasteiger charge is -2.45. The highest BCUT2D eigenvalue weighted by molar-refractivity contribution is 5.19. The molecule has 1 unspecified atom stereocenters. The molecule has 6 nitrogen and oxygen atoms in total. The quantitative estimate of drug-likeness (QED) is 0.361. The number of aromatic nitrogens is 4. The molecule has 4 aromatic heterocycles. The van der Waals surface area contributed by atoms with E-state index in [1.165, 1.54) is 0 Å². The summed E-state index contributed by atoms with van der Waals surface area (Å²) in [4.78, 5) is 18.6. The molecule has 0 amide bonds. The van der Waals surface area contributed by atoms with Gasteiger partial charge >= 0.3 is 0 Å². The maximum atomic E-state index is 6.93. The highest BCUT2D eigenvalue weighted by atomic mass is 14.8. The van der Waals surface area contributed by atoms with Gasteiger partial charge in [-0.05, 0) is 80.1 Å². The van der Waals surface area contributed by atoms with Crippen molar-refractivity contribution < 1.29 is 0 Å². The summed E-state index contributed by atoms with van der Waals surface area (Å²) < 4.78 is 0. The van der Waals surface area contributed by atoms with Crippen LogP contribution in [0.4, 0.5) is 0 Å². The zero-order valence-corrected chi connectivity index (χ0v) is 19.4. The van der Waals surface area contributed by atoms with Crippen molar-refractivity contribution in [2.75, 3.05) is 6.54 Å². The lowest BCUT2D eigenvalue weighted by Crippen LogP contribution is -2.55. The molecule has 0 radical (unpaired) electrons. The normalized spacial score (nSPS) is 12.6. The number of hydrogen-bond donors (Lipinski definition) is 2. The van der Waals surface area contributed by atoms with Gasteiger partial charge in [0.1, 0.15) is 0 Å². The van der Waals surface area contributed by atoms with E-state index < -0.39 is 5.41 Å². The van der Waals surface area contributed by atoms with Crippen LogP contribution in [0.3, 0.4) is 0 Å². The molecule has 0 fully saturated rings. The van der Waals surface area contributed by atoms with Crippen LogP contribution in [0.25, 0.3) is 0 Å². The molecule has 34 heavy (non-hydrogen) atoms. The molecule has 4 heterocycles. The Bertz CT molecular complexity index is 1020. The average Bonchev–Trinajstić information content (AvgIpc) is 2.90. The van der Waals surface area contributed by atoms with E-state index in [9.17, 15) is 0 Å². The van der Waals surface area contributed by atoms with Gasteiger partial charge in [-0.15, -0.1) is 0 Å². The summed E-state index contributed by atoms with van der Waals surface area (Å²) in [6.07, 6.45) is 10.2. The van der Waals surface area contributed by atoms with Crippen molar-refractivity contribution in [3.05, 3.63) is 120 Å². The van der Waals surface area contributed by atoms with E-state index in [0.29, 0.717) is 19.4 Å². The van der Waals surface area contributed by atoms with Gasteiger partial charge in [0, 0.05) is 65.6 Å². The first-order valence-electron chi connectivity index (χ1n) is 11.7. The molecular weight excluding hydrogens is 420 g/mol. The zero-order valence-electron chi connectivity index (χ0n) is 19.4. The molecule has 6 heteroatoms. The van der Waals surface area contributed by atoms with E-state index in [-0.39, 0.29) is 12.0 Å². The Kier molecular flexibility index (Phi) is 8.07. The molecule has 0 spiro atoms. The maximum absolute atomic E-state index is 6.93. The van der Waals surface area contributed by atoms with Gasteiger partial charge < -0.3 is 11.5 Å². The Morgan fingerprint density at radius 1 is 0.588 bits per heavy atom. The number of rotatable bonds is 11. The van der Waals surface area contributed by atoms with E-state index in [1.54, 1.807) is 0 Å². The lowest BCUT2D eigenvalue weighted by atomic mass is 9.61. The second-order valence-corrected chi connectivity index (χ2v) is 8.82. The van der Waals surface area contributed by atoms with Gasteiger partial charge in [-0.1, -0.05) is 24.3 Å². The Hall–Kier alpha value is -3.48. The maximum Gasteiger partial charge on any atom is 0.0409 e. The molecule has 0 aliphatic carbocycles. The van der Waals surface area contributed by atoms with Crippen molar-refractivity contribution in [2.45, 2.75) is 31.7 Å². The van der Waals surface area contributed by atoms with Crippen molar-refractivity contribution in [1.29, 1.82) is 0 Å². The van der Waals surface area contributed by atoms with E-state index in [0.717, 1.165) is 35.6 Å².